The average Bonchev–Trinajstić information content (AvgIpc) is 3.20. The highest BCUT2D eigenvalue weighted by molar-refractivity contribution is 5.40. The molecule has 1 N–H and O–H groups in total. The van der Waals surface area contributed by atoms with Gasteiger partial charge in [-0.25, -0.2) is 0 Å². The Morgan fingerprint density at radius 3 is 2.29 bits per heavy atom. The molecule has 2 heteroatoms. The molecule has 0 aromatic heterocycles. The van der Waals surface area contributed by atoms with Crippen LogP contribution in [-0.4, -0.2) is 6.04 Å². The molecule has 1 fully saturated rings. The summed E-state index contributed by atoms with van der Waals surface area (Å²) in [7, 11) is 0. The Kier molecular flexibility index (Phi) is 3.98. The normalized spacial score (nSPS) is 14.2. The van der Waals surface area contributed by atoms with Gasteiger partial charge < -0.3 is 10.1 Å². The highest BCUT2D eigenvalue weighted by Crippen LogP contribution is 2.26. The van der Waals surface area contributed by atoms with E-state index in [1.165, 1.54) is 35.1 Å². The van der Waals surface area contributed by atoms with Gasteiger partial charge >= 0.3 is 0 Å². The second-order valence-electron chi connectivity index (χ2n) is 6.17. The van der Waals surface area contributed by atoms with Gasteiger partial charge in [0, 0.05) is 12.6 Å². The van der Waals surface area contributed by atoms with E-state index in [-0.39, 0.29) is 0 Å². The van der Waals surface area contributed by atoms with Crippen molar-refractivity contribution in [3.05, 3.63) is 58.7 Å². The van der Waals surface area contributed by atoms with E-state index in [0.29, 0.717) is 0 Å². The van der Waals surface area contributed by atoms with Gasteiger partial charge in [0.1, 0.15) is 11.5 Å². The topological polar surface area (TPSA) is 21.3 Å². The molecule has 1 aliphatic carbocycles. The summed E-state index contributed by atoms with van der Waals surface area (Å²) in [6, 6.07) is 13.4. The van der Waals surface area contributed by atoms with E-state index < -0.39 is 0 Å². The zero-order valence-corrected chi connectivity index (χ0v) is 13.1. The molecule has 0 aliphatic heterocycles. The maximum Gasteiger partial charge on any atom is 0.127 e. The van der Waals surface area contributed by atoms with Crippen molar-refractivity contribution in [1.82, 2.24) is 5.32 Å². The van der Waals surface area contributed by atoms with Crippen molar-refractivity contribution < 1.29 is 4.74 Å². The minimum Gasteiger partial charge on any atom is -0.457 e. The third-order valence-electron chi connectivity index (χ3n) is 3.90. The molecule has 0 bridgehead atoms. The Morgan fingerprint density at radius 1 is 0.952 bits per heavy atom. The van der Waals surface area contributed by atoms with E-state index in [4.69, 9.17) is 4.74 Å². The summed E-state index contributed by atoms with van der Waals surface area (Å²) < 4.78 is 5.99. The Labute approximate surface area is 127 Å². The standard InChI is InChI=1S/C19H23NO/c1-13-8-14(2)10-19(9-13)21-18-7-4-16(15(3)11-18)12-20-17-5-6-17/h4,7-11,17,20H,5-6,12H2,1-3H3. The van der Waals surface area contributed by atoms with Crippen molar-refractivity contribution in [3.63, 3.8) is 0 Å². The molecule has 3 rings (SSSR count). The summed E-state index contributed by atoms with van der Waals surface area (Å²) >= 11 is 0. The van der Waals surface area contributed by atoms with Gasteiger partial charge in [-0.05, 0) is 80.1 Å². The Morgan fingerprint density at radius 2 is 1.67 bits per heavy atom. The Hall–Kier alpha value is -1.80. The summed E-state index contributed by atoms with van der Waals surface area (Å²) in [4.78, 5) is 0. The molecular formula is C19H23NO. The van der Waals surface area contributed by atoms with Crippen LogP contribution < -0.4 is 10.1 Å². The molecule has 2 aromatic carbocycles. The molecule has 2 nitrogen and oxygen atoms in total. The summed E-state index contributed by atoms with van der Waals surface area (Å²) in [6.45, 7) is 7.30. The van der Waals surface area contributed by atoms with Gasteiger partial charge in [0.2, 0.25) is 0 Å². The first-order valence-electron chi connectivity index (χ1n) is 7.69. The zero-order valence-electron chi connectivity index (χ0n) is 13.1. The summed E-state index contributed by atoms with van der Waals surface area (Å²) in [6.07, 6.45) is 2.65. The molecule has 0 unspecified atom stereocenters. The Bertz CT molecular complexity index is 624. The zero-order chi connectivity index (χ0) is 14.8. The SMILES string of the molecule is Cc1cc(C)cc(Oc2ccc(CNC3CC3)c(C)c2)c1. The lowest BCUT2D eigenvalue weighted by atomic mass is 10.1. The van der Waals surface area contributed by atoms with Crippen molar-refractivity contribution in [2.24, 2.45) is 0 Å². The molecule has 1 saturated carbocycles. The molecule has 0 saturated heterocycles. The predicted octanol–water partition coefficient (Wildman–Crippen LogP) is 4.66. The summed E-state index contributed by atoms with van der Waals surface area (Å²) in [5, 5.41) is 3.56. The van der Waals surface area contributed by atoms with Gasteiger partial charge in [-0.2, -0.15) is 0 Å². The van der Waals surface area contributed by atoms with Crippen LogP contribution in [-0.2, 0) is 6.54 Å². The fourth-order valence-corrected chi connectivity index (χ4v) is 2.60. The van der Waals surface area contributed by atoms with E-state index in [0.717, 1.165) is 24.1 Å². The van der Waals surface area contributed by atoms with Crippen LogP contribution in [0, 0.1) is 20.8 Å². The second kappa shape index (κ2) is 5.90. The van der Waals surface area contributed by atoms with E-state index in [9.17, 15) is 0 Å². The monoisotopic (exact) mass is 281 g/mol. The van der Waals surface area contributed by atoms with Crippen LogP contribution in [0.5, 0.6) is 11.5 Å². The minimum absolute atomic E-state index is 0.746. The van der Waals surface area contributed by atoms with Gasteiger partial charge in [-0.1, -0.05) is 12.1 Å². The van der Waals surface area contributed by atoms with Gasteiger partial charge in [-0.15, -0.1) is 0 Å². The molecule has 110 valence electrons. The van der Waals surface area contributed by atoms with E-state index in [1.807, 2.05) is 0 Å². The van der Waals surface area contributed by atoms with E-state index in [2.05, 4.69) is 62.5 Å². The molecule has 1 aliphatic rings. The number of rotatable bonds is 5. The molecule has 21 heavy (non-hydrogen) atoms. The van der Waals surface area contributed by atoms with Crippen LogP contribution in [0.15, 0.2) is 36.4 Å². The Balaban J connectivity index is 1.71. The van der Waals surface area contributed by atoms with Crippen molar-refractivity contribution in [2.75, 3.05) is 0 Å². The molecular weight excluding hydrogens is 258 g/mol. The molecule has 0 atom stereocenters. The first kappa shape index (κ1) is 14.2. The number of hydrogen-bond donors (Lipinski definition) is 1. The molecule has 0 radical (unpaired) electrons. The average molecular weight is 281 g/mol. The molecule has 0 heterocycles. The molecule has 2 aromatic rings. The van der Waals surface area contributed by atoms with Crippen LogP contribution in [0.3, 0.4) is 0 Å². The summed E-state index contributed by atoms with van der Waals surface area (Å²) in [5.74, 6) is 1.82. The third kappa shape index (κ3) is 3.85. The van der Waals surface area contributed by atoms with Gasteiger partial charge in [0.15, 0.2) is 0 Å². The maximum absolute atomic E-state index is 5.99. The lowest BCUT2D eigenvalue weighted by Crippen LogP contribution is -2.15. The number of ether oxygens (including phenoxy) is 1. The largest absolute Gasteiger partial charge is 0.457 e. The smallest absolute Gasteiger partial charge is 0.127 e. The van der Waals surface area contributed by atoms with Crippen LogP contribution in [0.4, 0.5) is 0 Å². The lowest BCUT2D eigenvalue weighted by Gasteiger charge is -2.11. The van der Waals surface area contributed by atoms with Crippen molar-refractivity contribution in [2.45, 2.75) is 46.2 Å². The van der Waals surface area contributed by atoms with Gasteiger partial charge in [0.25, 0.3) is 0 Å². The molecule has 0 amide bonds. The second-order valence-corrected chi connectivity index (χ2v) is 6.17. The number of aryl methyl sites for hydroxylation is 3. The first-order chi connectivity index (χ1) is 10.1. The quantitative estimate of drug-likeness (QED) is 0.861. The minimum atomic E-state index is 0.746. The highest BCUT2D eigenvalue weighted by atomic mass is 16.5. The number of nitrogens with one attached hydrogen (secondary N) is 1. The number of hydrogen-bond acceptors (Lipinski definition) is 2. The fraction of sp³-hybridized carbons (Fsp3) is 0.368. The van der Waals surface area contributed by atoms with Crippen molar-refractivity contribution >= 4 is 0 Å². The van der Waals surface area contributed by atoms with Crippen molar-refractivity contribution in [3.8, 4) is 11.5 Å². The van der Waals surface area contributed by atoms with Crippen LogP contribution in [0.1, 0.15) is 35.1 Å². The van der Waals surface area contributed by atoms with Crippen LogP contribution in [0.25, 0.3) is 0 Å². The van der Waals surface area contributed by atoms with E-state index >= 15 is 0 Å². The van der Waals surface area contributed by atoms with Gasteiger partial charge in [-0.3, -0.25) is 0 Å². The van der Waals surface area contributed by atoms with Gasteiger partial charge in [0.05, 0.1) is 0 Å². The van der Waals surface area contributed by atoms with E-state index in [1.54, 1.807) is 0 Å². The predicted molar refractivity (Wildman–Crippen MR) is 87.0 cm³/mol. The molecule has 0 spiro atoms. The number of benzene rings is 2. The summed E-state index contributed by atoms with van der Waals surface area (Å²) in [5.41, 5.74) is 5.10. The first-order valence-corrected chi connectivity index (χ1v) is 7.69. The van der Waals surface area contributed by atoms with Crippen LogP contribution >= 0.6 is 0 Å². The highest BCUT2D eigenvalue weighted by Gasteiger charge is 2.20. The lowest BCUT2D eigenvalue weighted by molar-refractivity contribution is 0.481. The fourth-order valence-electron chi connectivity index (χ4n) is 2.60. The van der Waals surface area contributed by atoms with Crippen LogP contribution in [0.2, 0.25) is 0 Å². The van der Waals surface area contributed by atoms with Crippen molar-refractivity contribution in [1.29, 1.82) is 0 Å². The third-order valence-corrected chi connectivity index (χ3v) is 3.90. The maximum atomic E-state index is 5.99.